The smallest absolute Gasteiger partial charge is 0.229 e. The fourth-order valence-corrected chi connectivity index (χ4v) is 2.13. The van der Waals surface area contributed by atoms with Crippen molar-refractivity contribution < 1.29 is 9.32 Å². The molecule has 0 spiro atoms. The number of nitrogens with zero attached hydrogens (tertiary/aromatic N) is 3. The fraction of sp³-hybridized carbons (Fsp3) is 0.316. The van der Waals surface area contributed by atoms with E-state index >= 15 is 0 Å². The van der Waals surface area contributed by atoms with E-state index in [1.807, 2.05) is 27.7 Å². The molecule has 2 aromatic rings. The third-order valence-corrected chi connectivity index (χ3v) is 3.37. The summed E-state index contributed by atoms with van der Waals surface area (Å²) in [6.45, 7) is 15.6. The lowest BCUT2D eigenvalue weighted by molar-refractivity contribution is -0.115. The van der Waals surface area contributed by atoms with E-state index in [4.69, 9.17) is 4.52 Å². The molecule has 0 radical (unpaired) electrons. The van der Waals surface area contributed by atoms with Crippen molar-refractivity contribution in [2.45, 2.75) is 40.7 Å². The fourth-order valence-electron chi connectivity index (χ4n) is 2.13. The molecule has 0 saturated heterocycles. The highest BCUT2D eigenvalue weighted by atomic mass is 16.5. The van der Waals surface area contributed by atoms with Gasteiger partial charge >= 0.3 is 0 Å². The van der Waals surface area contributed by atoms with Crippen LogP contribution in [0.15, 0.2) is 53.7 Å². The van der Waals surface area contributed by atoms with Gasteiger partial charge in [0.25, 0.3) is 0 Å². The van der Waals surface area contributed by atoms with Gasteiger partial charge in [0.2, 0.25) is 5.91 Å². The number of hydrogen-bond donors (Lipinski definition) is 1. The molecule has 6 heteroatoms. The van der Waals surface area contributed by atoms with Gasteiger partial charge in [0, 0.05) is 17.8 Å². The third-order valence-electron chi connectivity index (χ3n) is 3.37. The van der Waals surface area contributed by atoms with Gasteiger partial charge in [0.15, 0.2) is 5.82 Å². The summed E-state index contributed by atoms with van der Waals surface area (Å²) in [4.78, 5) is 12.0. The van der Waals surface area contributed by atoms with Gasteiger partial charge in [-0.25, -0.2) is 0 Å². The largest absolute Gasteiger partial charge is 0.361 e. The highest BCUT2D eigenvalue weighted by molar-refractivity contribution is 5.91. The molecular formula is C19H26N4O2. The van der Waals surface area contributed by atoms with Gasteiger partial charge in [0.05, 0.1) is 18.7 Å². The van der Waals surface area contributed by atoms with Gasteiger partial charge in [-0.15, -0.1) is 0 Å². The molecule has 0 aliphatic heterocycles. The number of aromatic nitrogens is 3. The first kappa shape index (κ1) is 20.2. The van der Waals surface area contributed by atoms with Gasteiger partial charge in [0.1, 0.15) is 5.76 Å². The molecule has 134 valence electrons. The highest BCUT2D eigenvalue weighted by Crippen LogP contribution is 2.15. The number of aryl methyl sites for hydroxylation is 2. The molecule has 0 unspecified atom stereocenters. The summed E-state index contributed by atoms with van der Waals surface area (Å²) in [6, 6.07) is 1.75. The molecule has 2 rings (SSSR count). The normalized spacial score (nSPS) is 10.6. The van der Waals surface area contributed by atoms with Crippen LogP contribution < -0.4 is 5.32 Å². The Morgan fingerprint density at radius 2 is 2.08 bits per heavy atom. The monoisotopic (exact) mass is 342 g/mol. The van der Waals surface area contributed by atoms with Crippen LogP contribution in [-0.2, 0) is 11.3 Å². The molecule has 0 aromatic carbocycles. The van der Waals surface area contributed by atoms with Crippen molar-refractivity contribution in [3.63, 3.8) is 0 Å². The van der Waals surface area contributed by atoms with E-state index in [0.29, 0.717) is 12.4 Å². The second-order valence-electron chi connectivity index (χ2n) is 5.11. The van der Waals surface area contributed by atoms with Crippen LogP contribution in [0.3, 0.4) is 0 Å². The molecule has 2 heterocycles. The van der Waals surface area contributed by atoms with E-state index in [1.165, 1.54) is 0 Å². The predicted octanol–water partition coefficient (Wildman–Crippen LogP) is 4.19. The molecule has 0 aliphatic rings. The lowest BCUT2D eigenvalue weighted by atomic mass is 10.1. The molecule has 0 saturated carbocycles. The maximum Gasteiger partial charge on any atom is 0.229 e. The minimum atomic E-state index is -0.152. The lowest BCUT2D eigenvalue weighted by Gasteiger charge is -2.03. The van der Waals surface area contributed by atoms with Crippen molar-refractivity contribution >= 4 is 11.7 Å². The van der Waals surface area contributed by atoms with E-state index in [2.05, 4.69) is 28.7 Å². The SMILES string of the molecule is C=C/C=C(\C=C)CC(=O)Nc1ccn(Cc2c(C)noc2C)n1.CC. The first-order chi connectivity index (χ1) is 12.0. The van der Waals surface area contributed by atoms with Gasteiger partial charge in [-0.3, -0.25) is 9.48 Å². The highest BCUT2D eigenvalue weighted by Gasteiger charge is 2.11. The van der Waals surface area contributed by atoms with Crippen molar-refractivity contribution in [1.29, 1.82) is 0 Å². The summed E-state index contributed by atoms with van der Waals surface area (Å²) in [5.41, 5.74) is 2.63. The molecule has 25 heavy (non-hydrogen) atoms. The molecule has 0 bridgehead atoms. The topological polar surface area (TPSA) is 73.0 Å². The summed E-state index contributed by atoms with van der Waals surface area (Å²) < 4.78 is 6.87. The van der Waals surface area contributed by atoms with Crippen LogP contribution >= 0.6 is 0 Å². The van der Waals surface area contributed by atoms with Crippen molar-refractivity contribution in [1.82, 2.24) is 14.9 Å². The number of anilines is 1. The molecule has 0 aliphatic carbocycles. The van der Waals surface area contributed by atoms with E-state index in [0.717, 1.165) is 22.6 Å². The average Bonchev–Trinajstić information content (AvgIpc) is 3.17. The Morgan fingerprint density at radius 1 is 1.36 bits per heavy atom. The number of hydrogen-bond acceptors (Lipinski definition) is 4. The summed E-state index contributed by atoms with van der Waals surface area (Å²) >= 11 is 0. The molecule has 2 aromatic heterocycles. The van der Waals surface area contributed by atoms with Crippen molar-refractivity contribution in [2.24, 2.45) is 0 Å². The number of amides is 1. The van der Waals surface area contributed by atoms with Crippen molar-refractivity contribution in [3.8, 4) is 0 Å². The quantitative estimate of drug-likeness (QED) is 0.766. The molecule has 6 nitrogen and oxygen atoms in total. The number of nitrogens with one attached hydrogen (secondary N) is 1. The standard InChI is InChI=1S/C17H20N4O2.C2H6/c1-5-7-14(6-2)10-17(22)18-16-8-9-21(19-16)11-15-12(3)20-23-13(15)4;1-2/h5-9H,1-2,10-11H2,3-4H3,(H,18,19,22);1-2H3/b14-7+;. The number of allylic oxidation sites excluding steroid dienone is 3. The van der Waals surface area contributed by atoms with Crippen LogP contribution in [0.1, 0.15) is 37.3 Å². The van der Waals surface area contributed by atoms with E-state index < -0.39 is 0 Å². The predicted molar refractivity (Wildman–Crippen MR) is 100 cm³/mol. The van der Waals surface area contributed by atoms with Crippen molar-refractivity contribution in [2.75, 3.05) is 5.32 Å². The zero-order valence-corrected chi connectivity index (χ0v) is 15.4. The number of carbonyl (C=O) groups is 1. The number of rotatable bonds is 7. The average molecular weight is 342 g/mol. The maximum atomic E-state index is 12.0. The third kappa shape index (κ3) is 5.91. The summed E-state index contributed by atoms with van der Waals surface area (Å²) in [6.07, 6.45) is 7.05. The van der Waals surface area contributed by atoms with E-state index in [1.54, 1.807) is 35.2 Å². The van der Waals surface area contributed by atoms with Gasteiger partial charge < -0.3 is 9.84 Å². The number of carbonyl (C=O) groups excluding carboxylic acids is 1. The Kier molecular flexibility index (Phi) is 8.12. The van der Waals surface area contributed by atoms with Crippen molar-refractivity contribution in [3.05, 3.63) is 66.2 Å². The van der Waals surface area contributed by atoms with E-state index in [-0.39, 0.29) is 12.3 Å². The molecular weight excluding hydrogens is 316 g/mol. The van der Waals surface area contributed by atoms with Crippen LogP contribution in [-0.4, -0.2) is 20.8 Å². The van der Waals surface area contributed by atoms with Crippen LogP contribution in [0, 0.1) is 13.8 Å². The maximum absolute atomic E-state index is 12.0. The first-order valence-corrected chi connectivity index (χ1v) is 8.22. The van der Waals surface area contributed by atoms with Gasteiger partial charge in [-0.2, -0.15) is 5.10 Å². The van der Waals surface area contributed by atoms with Crippen LogP contribution in [0.5, 0.6) is 0 Å². The summed E-state index contributed by atoms with van der Waals surface area (Å²) in [5.74, 6) is 1.12. The molecule has 1 amide bonds. The van der Waals surface area contributed by atoms with Gasteiger partial charge in [-0.05, 0) is 19.4 Å². The Labute approximate surface area is 148 Å². The zero-order valence-electron chi connectivity index (χ0n) is 15.4. The Morgan fingerprint density at radius 3 is 2.64 bits per heavy atom. The Balaban J connectivity index is 0.00000151. The zero-order chi connectivity index (χ0) is 18.8. The van der Waals surface area contributed by atoms with Crippen LogP contribution in [0.2, 0.25) is 0 Å². The van der Waals surface area contributed by atoms with Gasteiger partial charge in [-0.1, -0.05) is 50.4 Å². The second kappa shape index (κ2) is 10.1. The molecule has 0 fully saturated rings. The summed E-state index contributed by atoms with van der Waals surface area (Å²) in [5, 5.41) is 11.0. The minimum absolute atomic E-state index is 0.152. The second-order valence-corrected chi connectivity index (χ2v) is 5.11. The van der Waals surface area contributed by atoms with Crippen LogP contribution in [0.25, 0.3) is 0 Å². The van der Waals surface area contributed by atoms with Crippen LogP contribution in [0.4, 0.5) is 5.82 Å². The Bertz CT molecular complexity index is 734. The minimum Gasteiger partial charge on any atom is -0.361 e. The lowest BCUT2D eigenvalue weighted by Crippen LogP contribution is -2.13. The Hall–Kier alpha value is -2.89. The molecule has 1 N–H and O–H groups in total. The molecule has 0 atom stereocenters. The van der Waals surface area contributed by atoms with E-state index in [9.17, 15) is 4.79 Å². The summed E-state index contributed by atoms with van der Waals surface area (Å²) in [7, 11) is 0. The first-order valence-electron chi connectivity index (χ1n) is 8.22.